The molecule has 3 aromatic rings. The first-order valence-electron chi connectivity index (χ1n) is 10.1. The van der Waals surface area contributed by atoms with Crippen LogP contribution in [0.1, 0.15) is 42.6 Å². The second kappa shape index (κ2) is 8.84. The maximum Gasteiger partial charge on any atom is 0.167 e. The monoisotopic (exact) mass is 406 g/mol. The predicted octanol–water partition coefficient (Wildman–Crippen LogP) is 2.77. The lowest BCUT2D eigenvalue weighted by Gasteiger charge is -2.17. The zero-order valence-electron chi connectivity index (χ0n) is 17.2. The van der Waals surface area contributed by atoms with Crippen LogP contribution in [-0.2, 0) is 4.74 Å². The highest BCUT2D eigenvalue weighted by Crippen LogP contribution is 2.37. The van der Waals surface area contributed by atoms with Crippen molar-refractivity contribution in [3.8, 4) is 23.2 Å². The van der Waals surface area contributed by atoms with Crippen LogP contribution in [-0.4, -0.2) is 40.1 Å². The number of benzene rings is 1. The van der Waals surface area contributed by atoms with Crippen LogP contribution < -0.4 is 5.73 Å². The number of methoxy groups -OCH3 is 1. The Balaban J connectivity index is 1.48. The van der Waals surface area contributed by atoms with E-state index in [-0.39, 0.29) is 6.04 Å². The van der Waals surface area contributed by atoms with Gasteiger partial charge in [0.2, 0.25) is 0 Å². The van der Waals surface area contributed by atoms with E-state index in [1.54, 1.807) is 26.4 Å². The zero-order valence-corrected chi connectivity index (χ0v) is 17.2. The Morgan fingerprint density at radius 3 is 2.87 bits per heavy atom. The highest BCUT2D eigenvalue weighted by Gasteiger charge is 2.35. The molecule has 2 unspecified atom stereocenters. The van der Waals surface area contributed by atoms with Gasteiger partial charge in [-0.15, -0.1) is 0 Å². The van der Waals surface area contributed by atoms with Crippen molar-refractivity contribution >= 4 is 0 Å². The molecule has 3 N–H and O–H groups in total. The van der Waals surface area contributed by atoms with Gasteiger partial charge in [-0.3, -0.25) is 0 Å². The van der Waals surface area contributed by atoms with E-state index < -0.39 is 6.10 Å². The molecule has 7 heteroatoms. The largest absolute Gasteiger partial charge is 0.385 e. The number of hydrogen-bond acceptors (Lipinski definition) is 6. The molecule has 2 heterocycles. The minimum absolute atomic E-state index is 0.265. The molecule has 0 saturated heterocycles. The van der Waals surface area contributed by atoms with Gasteiger partial charge in [0.1, 0.15) is 17.6 Å². The number of nitrogens with zero attached hydrogens (tertiary/aromatic N) is 3. The highest BCUT2D eigenvalue weighted by molar-refractivity contribution is 5.59. The molecule has 4 atom stereocenters. The number of aliphatic hydroxyl groups excluding tert-OH is 1. The summed E-state index contributed by atoms with van der Waals surface area (Å²) in [5.74, 6) is 8.78. The van der Waals surface area contributed by atoms with Crippen molar-refractivity contribution in [2.45, 2.75) is 25.5 Å². The van der Waals surface area contributed by atoms with Crippen molar-refractivity contribution in [3.05, 3.63) is 59.8 Å². The van der Waals surface area contributed by atoms with Crippen LogP contribution in [0, 0.1) is 23.7 Å². The molecule has 1 aliphatic rings. The Bertz CT molecular complexity index is 1040. The van der Waals surface area contributed by atoms with Crippen molar-refractivity contribution in [3.63, 3.8) is 0 Å². The van der Waals surface area contributed by atoms with E-state index in [4.69, 9.17) is 15.0 Å². The summed E-state index contributed by atoms with van der Waals surface area (Å²) in [4.78, 5) is 4.21. The maximum absolute atomic E-state index is 9.93. The second-order valence-electron chi connectivity index (χ2n) is 7.64. The minimum atomic E-state index is -0.700. The molecule has 1 aromatic carbocycles. The van der Waals surface area contributed by atoms with Gasteiger partial charge in [-0.25, -0.2) is 4.98 Å². The van der Waals surface area contributed by atoms with Crippen molar-refractivity contribution in [2.24, 2.45) is 17.6 Å². The predicted molar refractivity (Wildman–Crippen MR) is 112 cm³/mol. The summed E-state index contributed by atoms with van der Waals surface area (Å²) in [6.45, 7) is 2.77. The number of ether oxygens (including phenoxy) is 1. The lowest BCUT2D eigenvalue weighted by molar-refractivity contribution is 0.182. The molecular formula is C23H26N4O3. The first-order chi connectivity index (χ1) is 14.6. The lowest BCUT2D eigenvalue weighted by Crippen LogP contribution is -2.22. The van der Waals surface area contributed by atoms with Crippen LogP contribution in [0.5, 0.6) is 0 Å². The van der Waals surface area contributed by atoms with Crippen LogP contribution in [0.3, 0.4) is 0 Å². The molecule has 0 radical (unpaired) electrons. The summed E-state index contributed by atoms with van der Waals surface area (Å²) in [6, 6.07) is 9.54. The normalized spacial score (nSPS) is 19.7. The molecule has 0 amide bonds. The van der Waals surface area contributed by atoms with Gasteiger partial charge in [-0.05, 0) is 43.5 Å². The van der Waals surface area contributed by atoms with Crippen LogP contribution in [0.2, 0.25) is 0 Å². The van der Waals surface area contributed by atoms with E-state index in [0.29, 0.717) is 35.7 Å². The van der Waals surface area contributed by atoms with E-state index in [2.05, 4.69) is 22.0 Å². The van der Waals surface area contributed by atoms with Gasteiger partial charge >= 0.3 is 0 Å². The Morgan fingerprint density at radius 1 is 1.37 bits per heavy atom. The Kier molecular flexibility index (Phi) is 6.00. The van der Waals surface area contributed by atoms with Crippen molar-refractivity contribution in [2.75, 3.05) is 20.3 Å². The third kappa shape index (κ3) is 4.31. The summed E-state index contributed by atoms with van der Waals surface area (Å²) in [5.41, 5.74) is 8.57. The Hall–Kier alpha value is -2.92. The molecule has 4 rings (SSSR count). The average molecular weight is 406 g/mol. The Labute approximate surface area is 175 Å². The fraction of sp³-hybridized carbons (Fsp3) is 0.391. The lowest BCUT2D eigenvalue weighted by atomic mass is 10.1. The summed E-state index contributed by atoms with van der Waals surface area (Å²) < 4.78 is 12.6. The van der Waals surface area contributed by atoms with Gasteiger partial charge in [0.05, 0.1) is 12.6 Å². The number of rotatable bonds is 7. The first-order valence-corrected chi connectivity index (χ1v) is 10.1. The quantitative estimate of drug-likeness (QED) is 0.586. The van der Waals surface area contributed by atoms with Crippen molar-refractivity contribution in [1.82, 2.24) is 14.7 Å². The molecule has 2 aromatic heterocycles. The smallest absolute Gasteiger partial charge is 0.167 e. The number of aromatic nitrogens is 3. The standard InChI is InChI=1S/C23H26N4O3/c1-15(28)23-25-9-10-27(23)21(13-24)20-12-22(30-26-20)17-6-3-16(4-7-17)5-8-18-11-19(18)14-29-2/h3-4,6-7,9-10,12,15,18-19,21,28H,11,13-14,24H2,1-2H3/t15-,18?,19?,21+/m0/s1. The van der Waals surface area contributed by atoms with Gasteiger partial charge < -0.3 is 24.7 Å². The van der Waals surface area contributed by atoms with Crippen molar-refractivity contribution < 1.29 is 14.4 Å². The topological polar surface area (TPSA) is 99.3 Å². The molecule has 1 saturated carbocycles. The number of nitrogens with two attached hydrogens (primary N) is 1. The fourth-order valence-electron chi connectivity index (χ4n) is 3.59. The number of aliphatic hydroxyl groups is 1. The molecule has 0 bridgehead atoms. The van der Waals surface area contributed by atoms with E-state index in [0.717, 1.165) is 24.2 Å². The van der Waals surface area contributed by atoms with E-state index >= 15 is 0 Å². The third-order valence-electron chi connectivity index (χ3n) is 5.38. The van der Waals surface area contributed by atoms with Gasteiger partial charge in [-0.1, -0.05) is 17.0 Å². The molecule has 156 valence electrons. The highest BCUT2D eigenvalue weighted by atomic mass is 16.5. The second-order valence-corrected chi connectivity index (χ2v) is 7.64. The van der Waals surface area contributed by atoms with Crippen LogP contribution in [0.15, 0.2) is 47.2 Å². The molecule has 1 aliphatic carbocycles. The van der Waals surface area contributed by atoms with E-state index in [1.165, 1.54) is 0 Å². The van der Waals surface area contributed by atoms with Crippen molar-refractivity contribution in [1.29, 1.82) is 0 Å². The minimum Gasteiger partial charge on any atom is -0.385 e. The van der Waals surface area contributed by atoms with Crippen LogP contribution in [0.4, 0.5) is 0 Å². The average Bonchev–Trinajstić information content (AvgIpc) is 3.11. The maximum atomic E-state index is 9.93. The van der Waals surface area contributed by atoms with Gasteiger partial charge in [0, 0.05) is 49.2 Å². The first kappa shape index (κ1) is 20.4. The van der Waals surface area contributed by atoms with Gasteiger partial charge in [-0.2, -0.15) is 0 Å². The van der Waals surface area contributed by atoms with Gasteiger partial charge in [0.15, 0.2) is 5.76 Å². The van der Waals surface area contributed by atoms with E-state index in [9.17, 15) is 5.11 Å². The van der Waals surface area contributed by atoms with E-state index in [1.807, 2.05) is 34.9 Å². The summed E-state index contributed by atoms with van der Waals surface area (Å²) in [5, 5.41) is 14.1. The summed E-state index contributed by atoms with van der Waals surface area (Å²) >= 11 is 0. The molecule has 30 heavy (non-hydrogen) atoms. The van der Waals surface area contributed by atoms with Crippen LogP contribution in [0.25, 0.3) is 11.3 Å². The molecular weight excluding hydrogens is 380 g/mol. The number of hydrogen-bond donors (Lipinski definition) is 2. The third-order valence-corrected chi connectivity index (χ3v) is 5.38. The molecule has 1 fully saturated rings. The molecule has 0 aliphatic heterocycles. The molecule has 0 spiro atoms. The zero-order chi connectivity index (χ0) is 21.1. The summed E-state index contributed by atoms with van der Waals surface area (Å²) in [6.07, 6.45) is 3.85. The van der Waals surface area contributed by atoms with Crippen LogP contribution >= 0.6 is 0 Å². The molecule has 7 nitrogen and oxygen atoms in total. The van der Waals surface area contributed by atoms with Gasteiger partial charge in [0.25, 0.3) is 0 Å². The Morgan fingerprint density at radius 2 is 2.17 bits per heavy atom. The number of imidazole rings is 1. The summed E-state index contributed by atoms with van der Waals surface area (Å²) in [7, 11) is 1.73. The SMILES string of the molecule is COCC1CC1C#Cc1ccc(-c2cc([C@@H](CN)n3ccnc3[C@H](C)O)no2)cc1. The fourth-order valence-corrected chi connectivity index (χ4v) is 3.59.